The first-order valence-corrected chi connectivity index (χ1v) is 9.25. The van der Waals surface area contributed by atoms with Gasteiger partial charge in [-0.25, -0.2) is 4.79 Å². The van der Waals surface area contributed by atoms with Crippen LogP contribution < -0.4 is 5.32 Å². The van der Waals surface area contributed by atoms with Gasteiger partial charge in [0, 0.05) is 38.3 Å². The van der Waals surface area contributed by atoms with Gasteiger partial charge in [-0.2, -0.15) is 0 Å². The first-order valence-electron chi connectivity index (χ1n) is 9.25. The van der Waals surface area contributed by atoms with Crippen LogP contribution in [0.5, 0.6) is 0 Å². The lowest BCUT2D eigenvalue weighted by Gasteiger charge is -2.41. The number of carbonyl (C=O) groups is 1. The predicted octanol–water partition coefficient (Wildman–Crippen LogP) is 3.10. The highest BCUT2D eigenvalue weighted by Crippen LogP contribution is 2.24. The number of piperazine rings is 1. The summed E-state index contributed by atoms with van der Waals surface area (Å²) in [6.45, 7) is 14.3. The molecular formula is C18H37N3O2. The van der Waals surface area contributed by atoms with Crippen LogP contribution in [-0.4, -0.2) is 66.8 Å². The van der Waals surface area contributed by atoms with Crippen molar-refractivity contribution in [2.24, 2.45) is 0 Å². The second-order valence-electron chi connectivity index (χ2n) is 7.50. The van der Waals surface area contributed by atoms with Crippen molar-refractivity contribution in [3.8, 4) is 0 Å². The third-order valence-corrected chi connectivity index (χ3v) is 4.42. The molecule has 2 unspecified atom stereocenters. The highest BCUT2D eigenvalue weighted by molar-refractivity contribution is 5.68. The van der Waals surface area contributed by atoms with E-state index in [0.29, 0.717) is 6.04 Å². The topological polar surface area (TPSA) is 44.8 Å². The molecule has 0 bridgehead atoms. The molecule has 0 aromatic rings. The summed E-state index contributed by atoms with van der Waals surface area (Å²) in [5, 5.41) is 3.06. The number of amides is 1. The number of carbonyl (C=O) groups excluding carboxylic acids is 1. The fourth-order valence-electron chi connectivity index (χ4n) is 3.29. The lowest BCUT2D eigenvalue weighted by atomic mass is 9.89. The van der Waals surface area contributed by atoms with Crippen LogP contribution in [0.2, 0.25) is 0 Å². The van der Waals surface area contributed by atoms with Crippen LogP contribution >= 0.6 is 0 Å². The van der Waals surface area contributed by atoms with Crippen molar-refractivity contribution < 1.29 is 9.53 Å². The maximum absolute atomic E-state index is 11.9. The lowest BCUT2D eigenvalue weighted by Crippen LogP contribution is -2.52. The number of ether oxygens (including phenoxy) is 1. The van der Waals surface area contributed by atoms with E-state index in [2.05, 4.69) is 22.2 Å². The van der Waals surface area contributed by atoms with E-state index in [1.807, 2.05) is 34.6 Å². The van der Waals surface area contributed by atoms with Crippen molar-refractivity contribution in [2.45, 2.75) is 78.0 Å². The van der Waals surface area contributed by atoms with Crippen molar-refractivity contribution >= 4 is 6.09 Å². The Balaban J connectivity index is 0.00000127. The normalized spacial score (nSPS) is 26.9. The minimum atomic E-state index is -0.421. The van der Waals surface area contributed by atoms with Gasteiger partial charge in [0.2, 0.25) is 0 Å². The molecule has 0 spiro atoms. The molecule has 1 saturated carbocycles. The average molecular weight is 328 g/mol. The van der Waals surface area contributed by atoms with Gasteiger partial charge >= 0.3 is 6.09 Å². The molecule has 1 saturated heterocycles. The number of likely N-dealkylation sites (N-methyl/N-ethyl adjacent to an activating group) is 1. The SMILES string of the molecule is CC.CN1CCN(C2CCCC(NC(=O)OC(C)(C)C)C2)CC1. The quantitative estimate of drug-likeness (QED) is 0.846. The lowest BCUT2D eigenvalue weighted by molar-refractivity contribution is 0.0445. The van der Waals surface area contributed by atoms with Crippen LogP contribution in [0, 0.1) is 0 Å². The second-order valence-corrected chi connectivity index (χ2v) is 7.50. The highest BCUT2D eigenvalue weighted by atomic mass is 16.6. The molecule has 1 aliphatic carbocycles. The second kappa shape index (κ2) is 9.48. The van der Waals surface area contributed by atoms with Gasteiger partial charge in [-0.05, 0) is 53.5 Å². The standard InChI is InChI=1S/C16H31N3O2.C2H6/c1-16(2,3)21-15(20)17-13-6-5-7-14(12-13)19-10-8-18(4)9-11-19;1-2/h13-14H,5-12H2,1-4H3,(H,17,20);1-2H3. The monoisotopic (exact) mass is 327 g/mol. The van der Waals surface area contributed by atoms with E-state index >= 15 is 0 Å². The van der Waals surface area contributed by atoms with Crippen molar-refractivity contribution in [1.29, 1.82) is 0 Å². The number of hydrogen-bond acceptors (Lipinski definition) is 4. The van der Waals surface area contributed by atoms with Gasteiger partial charge in [-0.1, -0.05) is 13.8 Å². The molecule has 1 amide bonds. The summed E-state index contributed by atoms with van der Waals surface area (Å²) in [7, 11) is 2.19. The van der Waals surface area contributed by atoms with Crippen molar-refractivity contribution in [3.63, 3.8) is 0 Å². The molecule has 136 valence electrons. The van der Waals surface area contributed by atoms with E-state index in [4.69, 9.17) is 4.74 Å². The summed E-state index contributed by atoms with van der Waals surface area (Å²) >= 11 is 0. The van der Waals surface area contributed by atoms with Gasteiger partial charge < -0.3 is 15.0 Å². The van der Waals surface area contributed by atoms with E-state index in [0.717, 1.165) is 39.0 Å². The Bertz CT molecular complexity index is 347. The number of hydrogen-bond donors (Lipinski definition) is 1. The van der Waals surface area contributed by atoms with E-state index in [1.165, 1.54) is 12.8 Å². The largest absolute Gasteiger partial charge is 0.444 e. The molecular weight excluding hydrogens is 290 g/mol. The minimum absolute atomic E-state index is 0.262. The fraction of sp³-hybridized carbons (Fsp3) is 0.944. The van der Waals surface area contributed by atoms with Gasteiger partial charge in [0.25, 0.3) is 0 Å². The predicted molar refractivity (Wildman–Crippen MR) is 95.8 cm³/mol. The Hall–Kier alpha value is -0.810. The molecule has 2 fully saturated rings. The first kappa shape index (κ1) is 20.2. The van der Waals surface area contributed by atoms with Crippen LogP contribution in [0.15, 0.2) is 0 Å². The van der Waals surface area contributed by atoms with E-state index < -0.39 is 5.60 Å². The Morgan fingerprint density at radius 1 is 1.09 bits per heavy atom. The summed E-state index contributed by atoms with van der Waals surface area (Å²) in [5.41, 5.74) is -0.421. The van der Waals surface area contributed by atoms with Gasteiger partial charge in [0.05, 0.1) is 0 Å². The van der Waals surface area contributed by atoms with E-state index in [1.54, 1.807) is 0 Å². The Morgan fingerprint density at radius 3 is 2.26 bits per heavy atom. The Labute approximate surface area is 142 Å². The molecule has 0 aromatic heterocycles. The van der Waals surface area contributed by atoms with E-state index in [9.17, 15) is 4.79 Å². The van der Waals surface area contributed by atoms with Crippen molar-refractivity contribution in [3.05, 3.63) is 0 Å². The molecule has 2 aliphatic rings. The van der Waals surface area contributed by atoms with Gasteiger partial charge in [-0.15, -0.1) is 0 Å². The maximum atomic E-state index is 11.9. The molecule has 5 heteroatoms. The molecule has 1 aliphatic heterocycles. The number of alkyl carbamates (subject to hydrolysis) is 1. The Kier molecular flexibility index (Phi) is 8.34. The molecule has 1 heterocycles. The number of rotatable bonds is 2. The van der Waals surface area contributed by atoms with E-state index in [-0.39, 0.29) is 12.1 Å². The molecule has 23 heavy (non-hydrogen) atoms. The number of nitrogens with zero attached hydrogens (tertiary/aromatic N) is 2. The molecule has 5 nitrogen and oxygen atoms in total. The summed E-state index contributed by atoms with van der Waals surface area (Å²) in [6.07, 6.45) is 4.31. The smallest absolute Gasteiger partial charge is 0.407 e. The number of nitrogens with one attached hydrogen (secondary N) is 1. The zero-order valence-electron chi connectivity index (χ0n) is 16.0. The van der Waals surface area contributed by atoms with Gasteiger partial charge in [0.1, 0.15) is 5.60 Å². The Morgan fingerprint density at radius 2 is 1.70 bits per heavy atom. The summed E-state index contributed by atoms with van der Waals surface area (Å²) < 4.78 is 5.36. The van der Waals surface area contributed by atoms with Crippen LogP contribution in [-0.2, 0) is 4.74 Å². The molecule has 0 aromatic carbocycles. The van der Waals surface area contributed by atoms with Gasteiger partial charge in [0.15, 0.2) is 0 Å². The first-order chi connectivity index (χ1) is 10.8. The molecule has 2 rings (SSSR count). The van der Waals surface area contributed by atoms with Crippen LogP contribution in [0.4, 0.5) is 4.79 Å². The maximum Gasteiger partial charge on any atom is 0.407 e. The summed E-state index contributed by atoms with van der Waals surface area (Å²) in [4.78, 5) is 16.9. The summed E-state index contributed by atoms with van der Waals surface area (Å²) in [6, 6.07) is 0.880. The zero-order chi connectivity index (χ0) is 17.5. The van der Waals surface area contributed by atoms with Crippen molar-refractivity contribution in [1.82, 2.24) is 15.1 Å². The van der Waals surface area contributed by atoms with Gasteiger partial charge in [-0.3, -0.25) is 4.90 Å². The minimum Gasteiger partial charge on any atom is -0.444 e. The summed E-state index contributed by atoms with van der Waals surface area (Å²) in [5.74, 6) is 0. The van der Waals surface area contributed by atoms with Crippen LogP contribution in [0.25, 0.3) is 0 Å². The third kappa shape index (κ3) is 7.53. The zero-order valence-corrected chi connectivity index (χ0v) is 16.0. The van der Waals surface area contributed by atoms with Crippen LogP contribution in [0.3, 0.4) is 0 Å². The molecule has 0 radical (unpaired) electrons. The van der Waals surface area contributed by atoms with Crippen molar-refractivity contribution in [2.75, 3.05) is 33.2 Å². The highest BCUT2D eigenvalue weighted by Gasteiger charge is 2.30. The van der Waals surface area contributed by atoms with Crippen LogP contribution in [0.1, 0.15) is 60.3 Å². The molecule has 1 N–H and O–H groups in total. The third-order valence-electron chi connectivity index (χ3n) is 4.42. The average Bonchev–Trinajstić information content (AvgIpc) is 2.48. The fourth-order valence-corrected chi connectivity index (χ4v) is 3.29. The molecule has 2 atom stereocenters.